The summed E-state index contributed by atoms with van der Waals surface area (Å²) in [4.78, 5) is 53.1. The maximum Gasteiger partial charge on any atom is 0.262 e. The first-order valence-electron chi connectivity index (χ1n) is 10.1. The van der Waals surface area contributed by atoms with E-state index < -0.39 is 6.10 Å². The van der Waals surface area contributed by atoms with Crippen molar-refractivity contribution >= 4 is 29.3 Å². The van der Waals surface area contributed by atoms with Gasteiger partial charge >= 0.3 is 0 Å². The number of nitrogens with one attached hydrogen (secondary N) is 1. The van der Waals surface area contributed by atoms with E-state index in [2.05, 4.69) is 5.32 Å². The Bertz CT molecular complexity index is 830. The number of anilines is 1. The largest absolute Gasteiger partial charge is 0.477 e. The molecule has 1 saturated heterocycles. The number of ether oxygens (including phenoxy) is 1. The van der Waals surface area contributed by atoms with E-state index in [1.165, 1.54) is 16.8 Å². The Morgan fingerprint density at radius 2 is 1.76 bits per heavy atom. The summed E-state index contributed by atoms with van der Waals surface area (Å²) >= 11 is 0. The number of benzene rings is 1. The van der Waals surface area contributed by atoms with Crippen molar-refractivity contribution in [1.82, 2.24) is 10.2 Å². The van der Waals surface area contributed by atoms with Crippen LogP contribution in [-0.2, 0) is 19.2 Å². The number of carbonyl (C=O) groups excluding carboxylic acids is 4. The highest BCUT2D eigenvalue weighted by atomic mass is 16.5. The fraction of sp³-hybridized carbons (Fsp3) is 0.524. The van der Waals surface area contributed by atoms with Gasteiger partial charge in [0.1, 0.15) is 5.75 Å². The molecule has 0 radical (unpaired) electrons. The molecule has 0 bridgehead atoms. The number of amides is 4. The lowest BCUT2D eigenvalue weighted by atomic mass is 9.81. The van der Waals surface area contributed by atoms with Crippen LogP contribution in [0, 0.1) is 11.8 Å². The molecule has 4 rings (SSSR count). The second-order valence-electron chi connectivity index (χ2n) is 7.77. The monoisotopic (exact) mass is 399 g/mol. The van der Waals surface area contributed by atoms with E-state index >= 15 is 0 Å². The summed E-state index contributed by atoms with van der Waals surface area (Å²) < 4.78 is 5.72. The van der Waals surface area contributed by atoms with Crippen LogP contribution >= 0.6 is 0 Å². The predicted molar refractivity (Wildman–Crippen MR) is 104 cm³/mol. The minimum atomic E-state index is -0.809. The van der Waals surface area contributed by atoms with Crippen molar-refractivity contribution in [1.29, 1.82) is 0 Å². The fourth-order valence-electron chi connectivity index (χ4n) is 4.56. The standard InChI is InChI=1S/C21H25N3O5/c1-22-19(26)17-12-24(15-8-4-5-9-16(15)29-17)18(25)10-11-23-20(27)13-6-2-3-7-14(13)21(23)28/h4-5,8-9,13-14,17H,2-3,6-7,10-12H2,1H3,(H,22,26)/t13-,14-,17+/m0/s1. The first-order chi connectivity index (χ1) is 14.0. The Morgan fingerprint density at radius 3 is 2.41 bits per heavy atom. The van der Waals surface area contributed by atoms with Gasteiger partial charge in [0.15, 0.2) is 6.10 Å². The van der Waals surface area contributed by atoms with Crippen LogP contribution in [0.4, 0.5) is 5.69 Å². The Morgan fingerprint density at radius 1 is 1.10 bits per heavy atom. The van der Waals surface area contributed by atoms with Crippen molar-refractivity contribution in [3.8, 4) is 5.75 Å². The van der Waals surface area contributed by atoms with Gasteiger partial charge < -0.3 is 15.0 Å². The topological polar surface area (TPSA) is 96.0 Å². The summed E-state index contributed by atoms with van der Waals surface area (Å²) in [7, 11) is 1.52. The second-order valence-corrected chi connectivity index (χ2v) is 7.77. The molecule has 2 aliphatic heterocycles. The highest BCUT2D eigenvalue weighted by Gasteiger charge is 2.48. The molecule has 8 nitrogen and oxygen atoms in total. The van der Waals surface area contributed by atoms with Crippen LogP contribution in [0.15, 0.2) is 24.3 Å². The molecule has 1 aromatic carbocycles. The van der Waals surface area contributed by atoms with Crippen LogP contribution in [0.1, 0.15) is 32.1 Å². The van der Waals surface area contributed by atoms with Crippen LogP contribution in [0.5, 0.6) is 5.75 Å². The van der Waals surface area contributed by atoms with Crippen molar-refractivity contribution in [2.24, 2.45) is 11.8 Å². The van der Waals surface area contributed by atoms with Gasteiger partial charge in [0.05, 0.1) is 24.1 Å². The lowest BCUT2D eigenvalue weighted by Gasteiger charge is -2.34. The fourth-order valence-corrected chi connectivity index (χ4v) is 4.56. The molecule has 3 aliphatic rings. The zero-order chi connectivity index (χ0) is 20.5. The van der Waals surface area contributed by atoms with Gasteiger partial charge in [-0.2, -0.15) is 0 Å². The van der Waals surface area contributed by atoms with Gasteiger partial charge in [-0.3, -0.25) is 24.1 Å². The van der Waals surface area contributed by atoms with Gasteiger partial charge in [0.2, 0.25) is 17.7 Å². The lowest BCUT2D eigenvalue weighted by molar-refractivity contribution is -0.140. The van der Waals surface area contributed by atoms with Gasteiger partial charge in [-0.05, 0) is 25.0 Å². The van der Waals surface area contributed by atoms with E-state index in [0.29, 0.717) is 11.4 Å². The molecule has 1 N–H and O–H groups in total. The lowest BCUT2D eigenvalue weighted by Crippen LogP contribution is -2.50. The van der Waals surface area contributed by atoms with Gasteiger partial charge in [0, 0.05) is 20.0 Å². The Labute approximate surface area is 169 Å². The third-order valence-electron chi connectivity index (χ3n) is 6.10. The van der Waals surface area contributed by atoms with E-state index in [1.54, 1.807) is 24.3 Å². The average Bonchev–Trinajstić information content (AvgIpc) is 3.00. The third kappa shape index (κ3) is 3.47. The molecule has 0 unspecified atom stereocenters. The van der Waals surface area contributed by atoms with E-state index in [-0.39, 0.29) is 55.0 Å². The summed E-state index contributed by atoms with van der Waals surface area (Å²) in [5, 5.41) is 2.54. The number of likely N-dealkylation sites (N-methyl/N-ethyl adjacent to an activating group) is 1. The zero-order valence-corrected chi connectivity index (χ0v) is 16.4. The number of likely N-dealkylation sites (tertiary alicyclic amines) is 1. The number of fused-ring (bicyclic) bond motifs is 2. The quantitative estimate of drug-likeness (QED) is 0.765. The van der Waals surface area contributed by atoms with Crippen molar-refractivity contribution in [3.05, 3.63) is 24.3 Å². The number of hydrogen-bond donors (Lipinski definition) is 1. The van der Waals surface area contributed by atoms with Crippen molar-refractivity contribution < 1.29 is 23.9 Å². The molecule has 29 heavy (non-hydrogen) atoms. The highest BCUT2D eigenvalue weighted by Crippen LogP contribution is 2.38. The molecule has 2 fully saturated rings. The predicted octanol–water partition coefficient (Wildman–Crippen LogP) is 1.09. The van der Waals surface area contributed by atoms with Gasteiger partial charge in [-0.25, -0.2) is 0 Å². The number of hydrogen-bond acceptors (Lipinski definition) is 5. The minimum Gasteiger partial charge on any atom is -0.477 e. The normalized spacial score (nSPS) is 25.9. The molecule has 8 heteroatoms. The first-order valence-corrected chi connectivity index (χ1v) is 10.1. The van der Waals surface area contributed by atoms with Crippen LogP contribution in [0.25, 0.3) is 0 Å². The van der Waals surface area contributed by atoms with E-state index in [1.807, 2.05) is 0 Å². The maximum absolute atomic E-state index is 13.0. The Hall–Kier alpha value is -2.90. The number of nitrogens with zero attached hydrogens (tertiary/aromatic N) is 2. The summed E-state index contributed by atoms with van der Waals surface area (Å²) in [6, 6.07) is 7.04. The summed E-state index contributed by atoms with van der Waals surface area (Å²) in [5.74, 6) is -0.811. The number of rotatable bonds is 4. The first kappa shape index (κ1) is 19.4. The van der Waals surface area contributed by atoms with E-state index in [4.69, 9.17) is 4.74 Å². The van der Waals surface area contributed by atoms with Gasteiger partial charge in [-0.15, -0.1) is 0 Å². The van der Waals surface area contributed by atoms with Gasteiger partial charge in [-0.1, -0.05) is 25.0 Å². The Balaban J connectivity index is 1.47. The molecule has 1 aliphatic carbocycles. The third-order valence-corrected chi connectivity index (χ3v) is 6.10. The molecular weight excluding hydrogens is 374 g/mol. The number of para-hydroxylation sites is 2. The van der Waals surface area contributed by atoms with Crippen molar-refractivity contribution in [2.45, 2.75) is 38.2 Å². The number of carbonyl (C=O) groups is 4. The number of imide groups is 1. The molecular formula is C21H25N3O5. The van der Waals surface area contributed by atoms with Crippen LogP contribution < -0.4 is 15.0 Å². The maximum atomic E-state index is 13.0. The van der Waals surface area contributed by atoms with Crippen LogP contribution in [0.3, 0.4) is 0 Å². The van der Waals surface area contributed by atoms with Crippen LogP contribution in [0.2, 0.25) is 0 Å². The molecule has 3 atom stereocenters. The smallest absolute Gasteiger partial charge is 0.262 e. The Kier molecular flexibility index (Phi) is 5.25. The van der Waals surface area contributed by atoms with Crippen molar-refractivity contribution in [2.75, 3.05) is 25.0 Å². The molecule has 1 saturated carbocycles. The van der Waals surface area contributed by atoms with E-state index in [9.17, 15) is 19.2 Å². The molecule has 2 heterocycles. The average molecular weight is 399 g/mol. The summed E-state index contributed by atoms with van der Waals surface area (Å²) in [6.45, 7) is 0.163. The zero-order valence-electron chi connectivity index (χ0n) is 16.4. The SMILES string of the molecule is CNC(=O)[C@H]1CN(C(=O)CCN2C(=O)[C@H]3CCCC[C@@H]3C2=O)c2ccccc2O1. The summed E-state index contributed by atoms with van der Waals surface area (Å²) in [5.41, 5.74) is 0.588. The summed E-state index contributed by atoms with van der Waals surface area (Å²) in [6.07, 6.45) is 2.66. The molecule has 154 valence electrons. The molecule has 0 spiro atoms. The highest BCUT2D eigenvalue weighted by molar-refractivity contribution is 6.06. The minimum absolute atomic E-state index is 0.0196. The van der Waals surface area contributed by atoms with Crippen molar-refractivity contribution in [3.63, 3.8) is 0 Å². The molecule has 0 aromatic heterocycles. The molecule has 1 aromatic rings. The second kappa shape index (κ2) is 7.85. The van der Waals surface area contributed by atoms with Gasteiger partial charge in [0.25, 0.3) is 5.91 Å². The molecule has 4 amide bonds. The van der Waals surface area contributed by atoms with Crippen LogP contribution in [-0.4, -0.2) is 54.8 Å². The van der Waals surface area contributed by atoms with E-state index in [0.717, 1.165) is 25.7 Å².